The van der Waals surface area contributed by atoms with Gasteiger partial charge >= 0.3 is 6.09 Å². The molecule has 1 heterocycles. The van der Waals surface area contributed by atoms with E-state index in [1.165, 1.54) is 0 Å². The third-order valence-corrected chi connectivity index (χ3v) is 3.53. The molecule has 1 amide bonds. The number of rotatable bonds is 2. The number of carbonyl (C=O) groups is 1. The van der Waals surface area contributed by atoms with E-state index in [1.807, 2.05) is 27.7 Å². The Morgan fingerprint density at radius 1 is 1.47 bits per heavy atom. The van der Waals surface area contributed by atoms with E-state index in [9.17, 15) is 10.1 Å². The molecule has 0 aromatic carbocycles. The van der Waals surface area contributed by atoms with Crippen LogP contribution in [0, 0.1) is 23.2 Å². The number of nitrogens with zero attached hydrogens (tertiary/aromatic N) is 2. The molecule has 0 saturated carbocycles. The molecule has 1 rings (SSSR count). The lowest BCUT2D eigenvalue weighted by Gasteiger charge is -2.29. The highest BCUT2D eigenvalue weighted by molar-refractivity contribution is 5.68. The van der Waals surface area contributed by atoms with Gasteiger partial charge in [0, 0.05) is 13.1 Å². The third kappa shape index (κ3) is 5.10. The normalized spacial score (nSPS) is 22.3. The zero-order valence-corrected chi connectivity index (χ0v) is 12.6. The van der Waals surface area contributed by atoms with Crippen LogP contribution in [0.1, 0.15) is 53.4 Å². The first-order valence-corrected chi connectivity index (χ1v) is 7.25. The minimum Gasteiger partial charge on any atom is -0.444 e. The van der Waals surface area contributed by atoms with E-state index in [4.69, 9.17) is 4.74 Å². The number of hydrogen-bond donors (Lipinski definition) is 0. The minimum atomic E-state index is -0.460. The lowest BCUT2D eigenvalue weighted by Crippen LogP contribution is -2.40. The Morgan fingerprint density at radius 3 is 2.68 bits per heavy atom. The van der Waals surface area contributed by atoms with Crippen molar-refractivity contribution in [2.45, 2.75) is 59.0 Å². The second-order valence-electron chi connectivity index (χ2n) is 6.33. The van der Waals surface area contributed by atoms with Crippen molar-refractivity contribution in [2.75, 3.05) is 13.1 Å². The van der Waals surface area contributed by atoms with Crippen molar-refractivity contribution in [1.29, 1.82) is 5.26 Å². The zero-order valence-electron chi connectivity index (χ0n) is 12.6. The summed E-state index contributed by atoms with van der Waals surface area (Å²) in [6.45, 7) is 9.07. The Hall–Kier alpha value is -1.24. The maximum Gasteiger partial charge on any atom is 0.410 e. The minimum absolute atomic E-state index is 0.0445. The van der Waals surface area contributed by atoms with Crippen LogP contribution in [-0.4, -0.2) is 29.7 Å². The summed E-state index contributed by atoms with van der Waals surface area (Å²) in [5, 5.41) is 9.20. The standard InChI is InChI=1S/C15H26N2O2/c1-5-12(10-16)13-8-6-7-9-17(11-13)14(18)19-15(2,3)4/h12-13H,5-9,11H2,1-4H3. The van der Waals surface area contributed by atoms with Gasteiger partial charge in [-0.3, -0.25) is 0 Å². The summed E-state index contributed by atoms with van der Waals surface area (Å²) in [4.78, 5) is 13.9. The smallest absolute Gasteiger partial charge is 0.410 e. The summed E-state index contributed by atoms with van der Waals surface area (Å²) < 4.78 is 5.43. The second kappa shape index (κ2) is 6.79. The van der Waals surface area contributed by atoms with Crippen LogP contribution in [0.5, 0.6) is 0 Å². The van der Waals surface area contributed by atoms with Gasteiger partial charge in [0.1, 0.15) is 5.60 Å². The van der Waals surface area contributed by atoms with Gasteiger partial charge in [0.15, 0.2) is 0 Å². The van der Waals surface area contributed by atoms with Crippen LogP contribution in [0.15, 0.2) is 0 Å². The highest BCUT2D eigenvalue weighted by Crippen LogP contribution is 2.26. The second-order valence-corrected chi connectivity index (χ2v) is 6.33. The predicted molar refractivity (Wildman–Crippen MR) is 74.5 cm³/mol. The first-order valence-electron chi connectivity index (χ1n) is 7.25. The van der Waals surface area contributed by atoms with Crippen molar-refractivity contribution >= 4 is 6.09 Å². The van der Waals surface area contributed by atoms with Gasteiger partial charge in [0.05, 0.1) is 12.0 Å². The van der Waals surface area contributed by atoms with Gasteiger partial charge in [-0.1, -0.05) is 13.3 Å². The Bertz CT molecular complexity index is 341. The Labute approximate surface area is 116 Å². The molecule has 108 valence electrons. The molecule has 0 bridgehead atoms. The number of likely N-dealkylation sites (tertiary alicyclic amines) is 1. The lowest BCUT2D eigenvalue weighted by atomic mass is 9.87. The van der Waals surface area contributed by atoms with Gasteiger partial charge in [-0.25, -0.2) is 4.79 Å². The first-order chi connectivity index (χ1) is 8.87. The van der Waals surface area contributed by atoms with E-state index >= 15 is 0 Å². The zero-order chi connectivity index (χ0) is 14.5. The number of carbonyl (C=O) groups excluding carboxylic acids is 1. The monoisotopic (exact) mass is 266 g/mol. The van der Waals surface area contributed by atoms with E-state index in [0.29, 0.717) is 6.54 Å². The quantitative estimate of drug-likeness (QED) is 0.767. The molecular formula is C15H26N2O2. The van der Waals surface area contributed by atoms with Gasteiger partial charge < -0.3 is 9.64 Å². The predicted octanol–water partition coefficient (Wildman–Crippen LogP) is 3.57. The molecule has 0 radical (unpaired) electrons. The molecular weight excluding hydrogens is 240 g/mol. The number of ether oxygens (including phenoxy) is 1. The summed E-state index contributed by atoms with van der Waals surface area (Å²) in [6.07, 6.45) is 3.72. The van der Waals surface area contributed by atoms with Gasteiger partial charge in [0.25, 0.3) is 0 Å². The molecule has 0 spiro atoms. The van der Waals surface area contributed by atoms with Crippen LogP contribution < -0.4 is 0 Å². The maximum atomic E-state index is 12.1. The SMILES string of the molecule is CCC(C#N)C1CCCCN(C(=O)OC(C)(C)C)C1. The summed E-state index contributed by atoms with van der Waals surface area (Å²) in [7, 11) is 0. The molecule has 2 atom stereocenters. The molecule has 1 saturated heterocycles. The van der Waals surface area contributed by atoms with Gasteiger partial charge in [0.2, 0.25) is 0 Å². The molecule has 0 aromatic rings. The van der Waals surface area contributed by atoms with Crippen LogP contribution in [0.25, 0.3) is 0 Å². The van der Waals surface area contributed by atoms with Crippen LogP contribution in [0.3, 0.4) is 0 Å². The fourth-order valence-electron chi connectivity index (χ4n) is 2.53. The molecule has 1 aliphatic rings. The van der Waals surface area contributed by atoms with E-state index in [-0.39, 0.29) is 17.9 Å². The molecule has 2 unspecified atom stereocenters. The highest BCUT2D eigenvalue weighted by atomic mass is 16.6. The van der Waals surface area contributed by atoms with Crippen molar-refractivity contribution in [3.8, 4) is 6.07 Å². The van der Waals surface area contributed by atoms with E-state index < -0.39 is 5.60 Å². The summed E-state index contributed by atoms with van der Waals surface area (Å²) in [5.41, 5.74) is -0.460. The number of hydrogen-bond acceptors (Lipinski definition) is 3. The van der Waals surface area contributed by atoms with E-state index in [1.54, 1.807) is 4.90 Å². The van der Waals surface area contributed by atoms with Crippen LogP contribution in [0.4, 0.5) is 4.79 Å². The Kier molecular flexibility index (Phi) is 5.65. The van der Waals surface area contributed by atoms with Gasteiger partial charge in [-0.15, -0.1) is 0 Å². The molecule has 19 heavy (non-hydrogen) atoms. The molecule has 0 aliphatic carbocycles. The number of nitriles is 1. The van der Waals surface area contributed by atoms with E-state index in [2.05, 4.69) is 6.07 Å². The molecule has 4 heteroatoms. The molecule has 4 nitrogen and oxygen atoms in total. The first kappa shape index (κ1) is 15.8. The van der Waals surface area contributed by atoms with Crippen LogP contribution >= 0.6 is 0 Å². The van der Waals surface area contributed by atoms with Crippen LogP contribution in [0.2, 0.25) is 0 Å². The lowest BCUT2D eigenvalue weighted by molar-refractivity contribution is 0.0224. The highest BCUT2D eigenvalue weighted by Gasteiger charge is 2.29. The maximum absolute atomic E-state index is 12.1. The topological polar surface area (TPSA) is 53.3 Å². The van der Waals surface area contributed by atoms with Gasteiger partial charge in [-0.05, 0) is 46.0 Å². The van der Waals surface area contributed by atoms with E-state index in [0.717, 1.165) is 32.2 Å². The molecule has 1 aliphatic heterocycles. The van der Waals surface area contributed by atoms with Crippen molar-refractivity contribution in [3.63, 3.8) is 0 Å². The Morgan fingerprint density at radius 2 is 2.16 bits per heavy atom. The molecule has 1 fully saturated rings. The largest absolute Gasteiger partial charge is 0.444 e. The number of amides is 1. The molecule has 0 N–H and O–H groups in total. The Balaban J connectivity index is 2.68. The van der Waals surface area contributed by atoms with Gasteiger partial charge in [-0.2, -0.15) is 5.26 Å². The van der Waals surface area contributed by atoms with Crippen molar-refractivity contribution in [3.05, 3.63) is 0 Å². The summed E-state index contributed by atoms with van der Waals surface area (Å²) in [6, 6.07) is 2.38. The van der Waals surface area contributed by atoms with Crippen molar-refractivity contribution in [2.24, 2.45) is 11.8 Å². The average molecular weight is 266 g/mol. The molecule has 0 aromatic heterocycles. The van der Waals surface area contributed by atoms with Crippen LogP contribution in [-0.2, 0) is 4.74 Å². The fourth-order valence-corrected chi connectivity index (χ4v) is 2.53. The summed E-state index contributed by atoms with van der Waals surface area (Å²) in [5.74, 6) is 0.327. The van der Waals surface area contributed by atoms with Crippen molar-refractivity contribution in [1.82, 2.24) is 4.90 Å². The average Bonchev–Trinajstić information content (AvgIpc) is 2.54. The summed E-state index contributed by atoms with van der Waals surface area (Å²) >= 11 is 0. The fraction of sp³-hybridized carbons (Fsp3) is 0.867. The van der Waals surface area contributed by atoms with Crippen molar-refractivity contribution < 1.29 is 9.53 Å². The third-order valence-electron chi connectivity index (χ3n) is 3.53.